The standard InChI is InChI=1S/C29H42N2O8S/c1-6-8-15-31(4)21-11-9-20(10-12-21)23(7-2)29(34)39-25-14-13-22(16-19(25)3)40(35,36)30-18-26-28(33)24(32)17-27(37-5)38-26/h9-14,16,23-24,26-28,30,32-33H,6-8,15,17-18H2,1-5H3/t23?,24-,26-,27+,28+/m1/s1. The van der Waals surface area contributed by atoms with Gasteiger partial charge in [-0.3, -0.25) is 4.79 Å². The van der Waals surface area contributed by atoms with E-state index >= 15 is 0 Å². The summed E-state index contributed by atoms with van der Waals surface area (Å²) < 4.78 is 44.6. The quantitative estimate of drug-likeness (QED) is 0.242. The minimum Gasteiger partial charge on any atom is -0.426 e. The molecule has 1 saturated heterocycles. The van der Waals surface area contributed by atoms with Crippen LogP contribution in [0.2, 0.25) is 0 Å². The van der Waals surface area contributed by atoms with Crippen molar-refractivity contribution >= 4 is 21.7 Å². The first-order chi connectivity index (χ1) is 19.0. The zero-order valence-electron chi connectivity index (χ0n) is 23.9. The van der Waals surface area contributed by atoms with Crippen molar-refractivity contribution in [2.45, 2.75) is 81.9 Å². The van der Waals surface area contributed by atoms with Gasteiger partial charge in [0.15, 0.2) is 6.29 Å². The second-order valence-corrected chi connectivity index (χ2v) is 11.9. The van der Waals surface area contributed by atoms with Crippen molar-refractivity contribution in [3.63, 3.8) is 0 Å². The van der Waals surface area contributed by atoms with Crippen molar-refractivity contribution < 1.29 is 37.6 Å². The molecule has 0 aliphatic carbocycles. The number of aliphatic hydroxyl groups is 2. The Morgan fingerprint density at radius 1 is 1.18 bits per heavy atom. The minimum atomic E-state index is -3.98. The second kappa shape index (κ2) is 14.4. The van der Waals surface area contributed by atoms with Crippen LogP contribution in [0, 0.1) is 6.92 Å². The number of hydrogen-bond acceptors (Lipinski definition) is 9. The van der Waals surface area contributed by atoms with Crippen LogP contribution >= 0.6 is 0 Å². The average Bonchev–Trinajstić information content (AvgIpc) is 2.94. The Kier molecular flexibility index (Phi) is 11.5. The van der Waals surface area contributed by atoms with Crippen LogP contribution in [-0.4, -0.2) is 76.4 Å². The number of nitrogens with one attached hydrogen (secondary N) is 1. The molecular weight excluding hydrogens is 536 g/mol. The van der Waals surface area contributed by atoms with E-state index in [1.54, 1.807) is 6.92 Å². The number of hydrogen-bond donors (Lipinski definition) is 3. The van der Waals surface area contributed by atoms with Crippen LogP contribution in [0.15, 0.2) is 47.4 Å². The molecule has 2 aromatic rings. The molecule has 1 aliphatic heterocycles. The zero-order chi connectivity index (χ0) is 29.4. The number of ether oxygens (including phenoxy) is 3. The monoisotopic (exact) mass is 578 g/mol. The average molecular weight is 579 g/mol. The number of aryl methyl sites for hydroxylation is 1. The number of rotatable bonds is 13. The molecule has 0 radical (unpaired) electrons. The normalized spacial score (nSPS) is 22.1. The predicted molar refractivity (Wildman–Crippen MR) is 152 cm³/mol. The number of methoxy groups -OCH3 is 1. The van der Waals surface area contributed by atoms with Gasteiger partial charge in [0.1, 0.15) is 18.0 Å². The first-order valence-electron chi connectivity index (χ1n) is 13.7. The van der Waals surface area contributed by atoms with Crippen LogP contribution in [0.25, 0.3) is 0 Å². The zero-order valence-corrected chi connectivity index (χ0v) is 24.7. The fraction of sp³-hybridized carbons (Fsp3) is 0.552. The molecule has 11 heteroatoms. The van der Waals surface area contributed by atoms with E-state index in [4.69, 9.17) is 14.2 Å². The van der Waals surface area contributed by atoms with E-state index in [-0.39, 0.29) is 23.6 Å². The summed E-state index contributed by atoms with van der Waals surface area (Å²) in [6.45, 7) is 6.44. The molecule has 1 aliphatic rings. The van der Waals surface area contributed by atoms with Gasteiger partial charge in [-0.05, 0) is 61.2 Å². The summed E-state index contributed by atoms with van der Waals surface area (Å²) >= 11 is 0. The molecular formula is C29H42N2O8S. The molecule has 3 N–H and O–H groups in total. The fourth-order valence-corrected chi connectivity index (χ4v) is 5.75. The lowest BCUT2D eigenvalue weighted by Crippen LogP contribution is -2.53. The number of aliphatic hydroxyl groups excluding tert-OH is 2. The molecule has 1 fully saturated rings. The van der Waals surface area contributed by atoms with Gasteiger partial charge in [0.05, 0.1) is 16.9 Å². The first kappa shape index (κ1) is 32.0. The largest absolute Gasteiger partial charge is 0.426 e. The van der Waals surface area contributed by atoms with Gasteiger partial charge in [-0.1, -0.05) is 32.4 Å². The Hall–Kier alpha value is -2.54. The summed E-state index contributed by atoms with van der Waals surface area (Å²) in [5, 5.41) is 20.2. The molecule has 0 saturated carbocycles. The maximum Gasteiger partial charge on any atom is 0.318 e. The van der Waals surface area contributed by atoms with E-state index in [2.05, 4.69) is 16.5 Å². The summed E-state index contributed by atoms with van der Waals surface area (Å²) in [4.78, 5) is 15.2. The molecule has 0 spiro atoms. The summed E-state index contributed by atoms with van der Waals surface area (Å²) in [5.74, 6) is -0.607. The van der Waals surface area contributed by atoms with Crippen LogP contribution in [-0.2, 0) is 24.3 Å². The lowest BCUT2D eigenvalue weighted by molar-refractivity contribution is -0.239. The lowest BCUT2D eigenvalue weighted by Gasteiger charge is -2.36. The van der Waals surface area contributed by atoms with Crippen LogP contribution in [0.4, 0.5) is 5.69 Å². The third-order valence-electron chi connectivity index (χ3n) is 7.22. The van der Waals surface area contributed by atoms with Gasteiger partial charge in [0.25, 0.3) is 0 Å². The summed E-state index contributed by atoms with van der Waals surface area (Å²) in [5.41, 5.74) is 2.41. The van der Waals surface area contributed by atoms with Crippen molar-refractivity contribution in [3.8, 4) is 5.75 Å². The number of carbonyl (C=O) groups is 1. The Morgan fingerprint density at radius 3 is 2.48 bits per heavy atom. The molecule has 1 heterocycles. The third-order valence-corrected chi connectivity index (χ3v) is 8.64. The van der Waals surface area contributed by atoms with Gasteiger partial charge in [-0.15, -0.1) is 0 Å². The number of carbonyl (C=O) groups excluding carboxylic acids is 1. The van der Waals surface area contributed by atoms with Crippen molar-refractivity contribution in [1.29, 1.82) is 0 Å². The van der Waals surface area contributed by atoms with Gasteiger partial charge >= 0.3 is 5.97 Å². The highest BCUT2D eigenvalue weighted by molar-refractivity contribution is 7.89. The van der Waals surface area contributed by atoms with Gasteiger partial charge in [-0.25, -0.2) is 13.1 Å². The highest BCUT2D eigenvalue weighted by Crippen LogP contribution is 2.28. The molecule has 0 bridgehead atoms. The van der Waals surface area contributed by atoms with Gasteiger partial charge in [-0.2, -0.15) is 0 Å². The van der Waals surface area contributed by atoms with Crippen molar-refractivity contribution in [2.75, 3.05) is 32.1 Å². The van der Waals surface area contributed by atoms with Crippen molar-refractivity contribution in [3.05, 3.63) is 53.6 Å². The number of esters is 1. The smallest absolute Gasteiger partial charge is 0.318 e. The van der Waals surface area contributed by atoms with Crippen molar-refractivity contribution in [1.82, 2.24) is 4.72 Å². The molecule has 10 nitrogen and oxygen atoms in total. The van der Waals surface area contributed by atoms with E-state index in [1.165, 1.54) is 25.3 Å². The van der Waals surface area contributed by atoms with Crippen LogP contribution in [0.1, 0.15) is 56.6 Å². The number of nitrogens with zero attached hydrogens (tertiary/aromatic N) is 1. The Morgan fingerprint density at radius 2 is 1.88 bits per heavy atom. The van der Waals surface area contributed by atoms with Crippen LogP contribution in [0.5, 0.6) is 5.75 Å². The van der Waals surface area contributed by atoms with Crippen LogP contribution in [0.3, 0.4) is 0 Å². The maximum atomic E-state index is 13.1. The molecule has 1 unspecified atom stereocenters. The highest BCUT2D eigenvalue weighted by atomic mass is 32.2. The molecule has 0 aromatic heterocycles. The molecule has 40 heavy (non-hydrogen) atoms. The fourth-order valence-electron chi connectivity index (χ4n) is 4.62. The SMILES string of the molecule is CCCCN(C)c1ccc(C(CC)C(=O)Oc2ccc(S(=O)(=O)NC[C@H]3O[C@H](OC)C[C@@H](O)[C@@H]3O)cc2C)cc1. The first-order valence-corrected chi connectivity index (χ1v) is 15.2. The van der Waals surface area contributed by atoms with E-state index in [0.29, 0.717) is 12.0 Å². The third kappa shape index (κ3) is 8.02. The minimum absolute atomic E-state index is 0.0336. The molecule has 222 valence electrons. The van der Waals surface area contributed by atoms with Crippen molar-refractivity contribution in [2.24, 2.45) is 0 Å². The van der Waals surface area contributed by atoms with Gasteiger partial charge < -0.3 is 29.3 Å². The summed E-state index contributed by atoms with van der Waals surface area (Å²) in [6.07, 6.45) is -1.23. The topological polar surface area (TPSA) is 135 Å². The number of anilines is 1. The highest BCUT2D eigenvalue weighted by Gasteiger charge is 2.37. The summed E-state index contributed by atoms with van der Waals surface area (Å²) in [7, 11) is -0.531. The number of benzene rings is 2. The predicted octanol–water partition coefficient (Wildman–Crippen LogP) is 3.09. The van der Waals surface area contributed by atoms with E-state index < -0.39 is 46.5 Å². The van der Waals surface area contributed by atoms with E-state index in [9.17, 15) is 23.4 Å². The Labute approximate surface area is 237 Å². The number of sulfonamides is 1. The number of unbranched alkanes of at least 4 members (excludes halogenated alkanes) is 1. The van der Waals surface area contributed by atoms with Gasteiger partial charge in [0, 0.05) is 39.4 Å². The Bertz CT molecular complexity index is 1220. The van der Waals surface area contributed by atoms with Gasteiger partial charge in [0.2, 0.25) is 10.0 Å². The molecule has 3 rings (SSSR count). The summed E-state index contributed by atoms with van der Waals surface area (Å²) in [6, 6.07) is 12.1. The molecule has 2 aromatic carbocycles. The molecule has 5 atom stereocenters. The second-order valence-electron chi connectivity index (χ2n) is 10.2. The molecule has 0 amide bonds. The lowest BCUT2D eigenvalue weighted by atomic mass is 9.96. The Balaban J connectivity index is 1.65. The maximum absolute atomic E-state index is 13.1. The van der Waals surface area contributed by atoms with Crippen LogP contribution < -0.4 is 14.4 Å². The van der Waals surface area contributed by atoms with E-state index in [1.807, 2.05) is 38.2 Å². The van der Waals surface area contributed by atoms with E-state index in [0.717, 1.165) is 30.6 Å².